The summed E-state index contributed by atoms with van der Waals surface area (Å²) in [6.07, 6.45) is -9.06. The van der Waals surface area contributed by atoms with Gasteiger partial charge in [0.15, 0.2) is 0 Å². The summed E-state index contributed by atoms with van der Waals surface area (Å²) in [7, 11) is 0. The molecule has 0 aromatic carbocycles. The van der Waals surface area contributed by atoms with E-state index in [1.807, 2.05) is 0 Å². The molecule has 9 heteroatoms. The maximum Gasteiger partial charge on any atom is 0.486 e. The second-order valence-corrected chi connectivity index (χ2v) is 2.08. The highest BCUT2D eigenvalue weighted by molar-refractivity contribution is 6.95. The minimum absolute atomic E-state index is 0.915. The van der Waals surface area contributed by atoms with Crippen molar-refractivity contribution in [1.29, 1.82) is 15.8 Å². The van der Waals surface area contributed by atoms with E-state index in [-0.39, 0.29) is 0 Å². The molecule has 0 aromatic heterocycles. The van der Waals surface area contributed by atoms with Crippen molar-refractivity contribution in [2.45, 2.75) is 6.18 Å². The Bertz CT molecular complexity index is 336. The lowest BCUT2D eigenvalue weighted by molar-refractivity contribution is -0.190. The number of carbonyl (C=O) groups excluding carboxylic acids is 1. The molecule has 72 valence electrons. The molecule has 0 aliphatic heterocycles. The molecule has 0 saturated heterocycles. The summed E-state index contributed by atoms with van der Waals surface area (Å²) in [5, 5.41) is 24.5. The van der Waals surface area contributed by atoms with Crippen molar-refractivity contribution in [1.82, 2.24) is 0 Å². The van der Waals surface area contributed by atoms with Gasteiger partial charge < -0.3 is 4.65 Å². The number of carbonyl (C=O) groups is 1. The molecule has 0 aromatic rings. The van der Waals surface area contributed by atoms with Crippen LogP contribution >= 0.6 is 0 Å². The average Bonchev–Trinajstić information content (AvgIpc) is 2.12. The van der Waals surface area contributed by atoms with Crippen LogP contribution in [0.5, 0.6) is 0 Å². The third-order valence-electron chi connectivity index (χ3n) is 1.06. The van der Waals surface area contributed by atoms with E-state index in [4.69, 9.17) is 15.8 Å². The van der Waals surface area contributed by atoms with E-state index in [0.29, 0.717) is 0 Å². The first-order valence-electron chi connectivity index (χ1n) is 3.00. The lowest BCUT2D eigenvalue weighted by atomic mass is 9.45. The number of rotatable bonds is 1. The van der Waals surface area contributed by atoms with E-state index >= 15 is 0 Å². The second-order valence-electron chi connectivity index (χ2n) is 2.08. The van der Waals surface area contributed by atoms with Gasteiger partial charge in [0.25, 0.3) is 0 Å². The van der Waals surface area contributed by atoms with Crippen LogP contribution in [0.1, 0.15) is 0 Å². The van der Waals surface area contributed by atoms with Gasteiger partial charge in [-0.3, -0.25) is 0 Å². The first-order chi connectivity index (χ1) is 6.31. The van der Waals surface area contributed by atoms with Gasteiger partial charge >= 0.3 is 18.5 Å². The van der Waals surface area contributed by atoms with Crippen LogP contribution < -0.4 is 0 Å². The van der Waals surface area contributed by atoms with Crippen molar-refractivity contribution < 1.29 is 22.6 Å². The predicted octanol–water partition coefficient (Wildman–Crippen LogP) is 0.226. The van der Waals surface area contributed by atoms with Crippen molar-refractivity contribution in [3.8, 4) is 17.9 Å². The van der Waals surface area contributed by atoms with E-state index in [1.54, 1.807) is 0 Å². The van der Waals surface area contributed by atoms with Crippen LogP contribution in [-0.2, 0) is 9.45 Å². The summed E-state index contributed by atoms with van der Waals surface area (Å²) in [6.45, 7) is 0. The van der Waals surface area contributed by atoms with Gasteiger partial charge in [-0.05, 0) is 0 Å². The highest BCUT2D eigenvalue weighted by Gasteiger charge is 2.44. The SMILES string of the molecule is N#C[B-](C#N)(C#N)OC(=O)C(F)(F)F. The highest BCUT2D eigenvalue weighted by atomic mass is 19.4. The Kier molecular flexibility index (Phi) is 3.09. The maximum atomic E-state index is 11.6. The van der Waals surface area contributed by atoms with E-state index in [1.165, 1.54) is 0 Å². The van der Waals surface area contributed by atoms with Crippen molar-refractivity contribution in [3.05, 3.63) is 0 Å². The van der Waals surface area contributed by atoms with Crippen molar-refractivity contribution in [2.75, 3.05) is 0 Å². The quantitative estimate of drug-likeness (QED) is 0.566. The fraction of sp³-hybridized carbons (Fsp3) is 0.200. The number of alkyl halides is 3. The van der Waals surface area contributed by atoms with Crippen LogP contribution in [0.15, 0.2) is 0 Å². The molecule has 0 spiro atoms. The maximum absolute atomic E-state index is 11.6. The Labute approximate surface area is 75.8 Å². The van der Waals surface area contributed by atoms with Crippen molar-refractivity contribution in [3.63, 3.8) is 0 Å². The highest BCUT2D eigenvalue weighted by Crippen LogP contribution is 2.18. The summed E-state index contributed by atoms with van der Waals surface area (Å²) in [6, 6.07) is 0. The first-order valence-corrected chi connectivity index (χ1v) is 3.00. The summed E-state index contributed by atoms with van der Waals surface area (Å²) in [5.74, 6) is 0.0113. The van der Waals surface area contributed by atoms with Crippen molar-refractivity contribution >= 4 is 12.3 Å². The van der Waals surface area contributed by atoms with Gasteiger partial charge in [-0.1, -0.05) is 17.9 Å². The minimum atomic E-state index is -5.34. The van der Waals surface area contributed by atoms with E-state index < -0.39 is 18.5 Å². The van der Waals surface area contributed by atoms with Crippen LogP contribution in [0.4, 0.5) is 13.2 Å². The second kappa shape index (κ2) is 3.67. The summed E-state index contributed by atoms with van der Waals surface area (Å²) < 4.78 is 38.3. The summed E-state index contributed by atoms with van der Waals surface area (Å²) in [4.78, 5) is 10.2. The molecular weight excluding hydrogens is 202 g/mol. The van der Waals surface area contributed by atoms with E-state index in [0.717, 1.165) is 17.9 Å². The van der Waals surface area contributed by atoms with Crippen LogP contribution in [-0.4, -0.2) is 18.5 Å². The molecule has 0 aliphatic rings. The zero-order valence-electron chi connectivity index (χ0n) is 6.37. The van der Waals surface area contributed by atoms with Gasteiger partial charge in [-0.25, -0.2) is 20.6 Å². The Morgan fingerprint density at radius 1 is 1.14 bits per heavy atom. The summed E-state index contributed by atoms with van der Waals surface area (Å²) >= 11 is 0. The Balaban J connectivity index is 4.89. The standard InChI is InChI=1S/C5BF3N3O2/c7-5(8,9)4(13)14-6(1-10,2-11)3-12/q-1. The zero-order chi connectivity index (χ0) is 11.4. The molecule has 0 radical (unpaired) electrons. The van der Waals surface area contributed by atoms with Gasteiger partial charge in [0.2, 0.25) is 0 Å². The average molecular weight is 202 g/mol. The van der Waals surface area contributed by atoms with Gasteiger partial charge in [0.05, 0.1) is 0 Å². The molecule has 0 aliphatic carbocycles. The number of halogens is 3. The molecule has 0 atom stereocenters. The number of nitriles is 3. The fourth-order valence-electron chi connectivity index (χ4n) is 0.393. The van der Waals surface area contributed by atoms with E-state index in [9.17, 15) is 18.0 Å². The molecule has 0 fully saturated rings. The topological polar surface area (TPSA) is 97.7 Å². The first kappa shape index (κ1) is 11.8. The van der Waals surface area contributed by atoms with Gasteiger partial charge in [-0.2, -0.15) is 13.2 Å². The lowest BCUT2D eigenvalue weighted by Gasteiger charge is -2.20. The zero-order valence-corrected chi connectivity index (χ0v) is 6.37. The summed E-state index contributed by atoms with van der Waals surface area (Å²) in [5.41, 5.74) is 0. The van der Waals surface area contributed by atoms with Crippen LogP contribution in [0.2, 0.25) is 0 Å². The van der Waals surface area contributed by atoms with Gasteiger partial charge in [-0.15, -0.1) is 0 Å². The van der Waals surface area contributed by atoms with Crippen molar-refractivity contribution in [2.24, 2.45) is 0 Å². The number of hydrogen-bond acceptors (Lipinski definition) is 5. The fourth-order valence-corrected chi connectivity index (χ4v) is 0.393. The van der Waals surface area contributed by atoms with Gasteiger partial charge in [0, 0.05) is 0 Å². The predicted molar refractivity (Wildman–Crippen MR) is 34.7 cm³/mol. The normalized spacial score (nSPS) is 10.6. The Morgan fingerprint density at radius 2 is 1.50 bits per heavy atom. The number of hydrogen-bond donors (Lipinski definition) is 0. The molecule has 0 amide bonds. The molecule has 0 saturated carbocycles. The Morgan fingerprint density at radius 3 is 1.71 bits per heavy atom. The smallest absolute Gasteiger partial charge is 0.486 e. The molecular formula is C5BF3N3O2-. The molecule has 14 heavy (non-hydrogen) atoms. The lowest BCUT2D eigenvalue weighted by Crippen LogP contribution is -2.41. The molecule has 0 rings (SSSR count). The minimum Gasteiger partial charge on any atom is -0.649 e. The largest absolute Gasteiger partial charge is 0.649 e. The molecule has 5 nitrogen and oxygen atoms in total. The van der Waals surface area contributed by atoms with Crippen LogP contribution in [0.3, 0.4) is 0 Å². The monoisotopic (exact) mass is 202 g/mol. The molecule has 0 unspecified atom stereocenters. The third-order valence-corrected chi connectivity index (χ3v) is 1.06. The van der Waals surface area contributed by atoms with Crippen LogP contribution in [0, 0.1) is 33.7 Å². The molecule has 0 heterocycles. The molecule has 0 N–H and O–H groups in total. The van der Waals surface area contributed by atoms with Gasteiger partial charge in [0.1, 0.15) is 0 Å². The van der Waals surface area contributed by atoms with Crippen LogP contribution in [0.25, 0.3) is 0 Å². The van der Waals surface area contributed by atoms with E-state index in [2.05, 4.69) is 4.65 Å². The molecule has 0 bridgehead atoms. The third kappa shape index (κ3) is 2.39. The number of nitrogens with zero attached hydrogens (tertiary/aromatic N) is 3. The Hall–Kier alpha value is -2.21.